The second-order valence-corrected chi connectivity index (χ2v) is 6.85. The van der Waals surface area contributed by atoms with Crippen molar-refractivity contribution in [3.05, 3.63) is 24.3 Å². The van der Waals surface area contributed by atoms with Gasteiger partial charge in [0.05, 0.1) is 19.3 Å². The van der Waals surface area contributed by atoms with Crippen LogP contribution in [-0.4, -0.2) is 61.6 Å². The van der Waals surface area contributed by atoms with Crippen molar-refractivity contribution in [1.82, 2.24) is 9.80 Å². The standard InChI is InChI=1S/C19H29N3O2/c1-24-18-8-4-3-7-17(18)20-19(23)15-21-13-9-16(10-14-21)22-11-5-2-6-12-22/h3-4,7-8,16H,2,5-6,9-15H2,1H3,(H,20,23). The normalized spacial score (nSPS) is 20.7. The predicted molar refractivity (Wildman–Crippen MR) is 96.5 cm³/mol. The molecule has 0 saturated carbocycles. The lowest BCUT2D eigenvalue weighted by Crippen LogP contribution is -2.48. The van der Waals surface area contributed by atoms with Gasteiger partial charge in [-0.25, -0.2) is 0 Å². The fourth-order valence-electron chi connectivity index (χ4n) is 3.87. The molecule has 0 aliphatic carbocycles. The van der Waals surface area contributed by atoms with E-state index in [9.17, 15) is 4.79 Å². The highest BCUT2D eigenvalue weighted by molar-refractivity contribution is 5.93. The zero-order valence-corrected chi connectivity index (χ0v) is 14.7. The molecule has 2 aliphatic rings. The molecule has 0 spiro atoms. The molecule has 1 N–H and O–H groups in total. The first-order chi connectivity index (χ1) is 11.8. The molecule has 1 aromatic rings. The van der Waals surface area contributed by atoms with E-state index in [4.69, 9.17) is 4.74 Å². The zero-order chi connectivity index (χ0) is 16.8. The van der Waals surface area contributed by atoms with E-state index in [1.165, 1.54) is 45.2 Å². The topological polar surface area (TPSA) is 44.8 Å². The van der Waals surface area contributed by atoms with Crippen LogP contribution in [0, 0.1) is 0 Å². The van der Waals surface area contributed by atoms with Gasteiger partial charge in [0.15, 0.2) is 0 Å². The van der Waals surface area contributed by atoms with E-state index in [0.29, 0.717) is 12.3 Å². The van der Waals surface area contributed by atoms with Crippen LogP contribution >= 0.6 is 0 Å². The summed E-state index contributed by atoms with van der Waals surface area (Å²) in [5.74, 6) is 0.741. The Labute approximate surface area is 145 Å². The molecule has 0 atom stereocenters. The number of nitrogens with zero attached hydrogens (tertiary/aromatic N) is 2. The number of anilines is 1. The van der Waals surface area contributed by atoms with Gasteiger partial charge in [0.1, 0.15) is 5.75 Å². The number of methoxy groups -OCH3 is 1. The number of amides is 1. The van der Waals surface area contributed by atoms with Crippen LogP contribution in [0.3, 0.4) is 0 Å². The van der Waals surface area contributed by atoms with Crippen LogP contribution in [-0.2, 0) is 4.79 Å². The molecule has 2 saturated heterocycles. The second-order valence-electron chi connectivity index (χ2n) is 6.85. The molecular formula is C19H29N3O2. The van der Waals surface area contributed by atoms with Gasteiger partial charge in [-0.15, -0.1) is 0 Å². The van der Waals surface area contributed by atoms with Crippen LogP contribution in [0.1, 0.15) is 32.1 Å². The SMILES string of the molecule is COc1ccccc1NC(=O)CN1CCC(N2CCCCC2)CC1. The van der Waals surface area contributed by atoms with Crippen LogP contribution in [0.2, 0.25) is 0 Å². The van der Waals surface area contributed by atoms with E-state index in [1.807, 2.05) is 24.3 Å². The molecule has 2 fully saturated rings. The van der Waals surface area contributed by atoms with Crippen molar-refractivity contribution in [3.8, 4) is 5.75 Å². The van der Waals surface area contributed by atoms with Gasteiger partial charge in [-0.05, 0) is 50.9 Å². The van der Waals surface area contributed by atoms with Crippen molar-refractivity contribution in [2.24, 2.45) is 0 Å². The minimum atomic E-state index is 0.0379. The number of carbonyl (C=O) groups is 1. The van der Waals surface area contributed by atoms with Gasteiger partial charge in [-0.3, -0.25) is 9.69 Å². The molecule has 0 bridgehead atoms. The lowest BCUT2D eigenvalue weighted by atomic mass is 10.00. The maximum atomic E-state index is 12.3. The van der Waals surface area contributed by atoms with Crippen LogP contribution in [0.5, 0.6) is 5.75 Å². The highest BCUT2D eigenvalue weighted by atomic mass is 16.5. The lowest BCUT2D eigenvalue weighted by molar-refractivity contribution is -0.117. The Morgan fingerprint density at radius 2 is 1.83 bits per heavy atom. The van der Waals surface area contributed by atoms with E-state index in [1.54, 1.807) is 7.11 Å². The molecule has 3 rings (SSSR count). The zero-order valence-electron chi connectivity index (χ0n) is 14.7. The van der Waals surface area contributed by atoms with Crippen molar-refractivity contribution in [2.75, 3.05) is 45.2 Å². The summed E-state index contributed by atoms with van der Waals surface area (Å²) in [6, 6.07) is 8.26. The predicted octanol–water partition coefficient (Wildman–Crippen LogP) is 2.58. The average Bonchev–Trinajstić information content (AvgIpc) is 2.63. The fourth-order valence-corrected chi connectivity index (χ4v) is 3.87. The second kappa shape index (κ2) is 8.49. The summed E-state index contributed by atoms with van der Waals surface area (Å²) >= 11 is 0. The molecule has 1 aromatic carbocycles. The van der Waals surface area contributed by atoms with Crippen LogP contribution < -0.4 is 10.1 Å². The summed E-state index contributed by atoms with van der Waals surface area (Å²) in [5, 5.41) is 2.97. The Balaban J connectivity index is 1.44. The quantitative estimate of drug-likeness (QED) is 0.901. The Hall–Kier alpha value is -1.59. The first kappa shape index (κ1) is 17.2. The number of benzene rings is 1. The number of nitrogens with one attached hydrogen (secondary N) is 1. The van der Waals surface area contributed by atoms with Gasteiger partial charge in [0.2, 0.25) is 5.91 Å². The number of rotatable bonds is 5. The van der Waals surface area contributed by atoms with Gasteiger partial charge in [-0.1, -0.05) is 18.6 Å². The Kier molecular flexibility index (Phi) is 6.10. The molecule has 24 heavy (non-hydrogen) atoms. The number of para-hydroxylation sites is 2. The summed E-state index contributed by atoms with van der Waals surface area (Å²) < 4.78 is 5.28. The minimum Gasteiger partial charge on any atom is -0.495 e. The van der Waals surface area contributed by atoms with E-state index in [0.717, 1.165) is 24.8 Å². The maximum absolute atomic E-state index is 12.3. The third-order valence-electron chi connectivity index (χ3n) is 5.21. The first-order valence-electron chi connectivity index (χ1n) is 9.15. The largest absolute Gasteiger partial charge is 0.495 e. The molecule has 5 heteroatoms. The van der Waals surface area contributed by atoms with Gasteiger partial charge in [-0.2, -0.15) is 0 Å². The van der Waals surface area contributed by atoms with Gasteiger partial charge < -0.3 is 15.0 Å². The van der Waals surface area contributed by atoms with E-state index in [2.05, 4.69) is 15.1 Å². The number of ether oxygens (including phenoxy) is 1. The van der Waals surface area contributed by atoms with Crippen LogP contribution in [0.4, 0.5) is 5.69 Å². The molecule has 0 radical (unpaired) electrons. The monoisotopic (exact) mass is 331 g/mol. The Bertz CT molecular complexity index is 535. The van der Waals surface area contributed by atoms with E-state index in [-0.39, 0.29) is 5.91 Å². The number of piperidine rings is 2. The highest BCUT2D eigenvalue weighted by Crippen LogP contribution is 2.23. The van der Waals surface area contributed by atoms with Crippen LogP contribution in [0.15, 0.2) is 24.3 Å². The average molecular weight is 331 g/mol. The molecule has 0 unspecified atom stereocenters. The summed E-state index contributed by atoms with van der Waals surface area (Å²) in [5.41, 5.74) is 0.744. The molecule has 1 amide bonds. The Morgan fingerprint density at radius 3 is 2.54 bits per heavy atom. The molecule has 5 nitrogen and oxygen atoms in total. The Morgan fingerprint density at radius 1 is 1.12 bits per heavy atom. The van der Waals surface area contributed by atoms with Gasteiger partial charge >= 0.3 is 0 Å². The van der Waals surface area contributed by atoms with Crippen molar-refractivity contribution in [1.29, 1.82) is 0 Å². The lowest BCUT2D eigenvalue weighted by Gasteiger charge is -2.40. The smallest absolute Gasteiger partial charge is 0.238 e. The number of carbonyl (C=O) groups excluding carboxylic acids is 1. The molecule has 0 aromatic heterocycles. The van der Waals surface area contributed by atoms with E-state index >= 15 is 0 Å². The molecular weight excluding hydrogens is 302 g/mol. The number of hydrogen-bond donors (Lipinski definition) is 1. The highest BCUT2D eigenvalue weighted by Gasteiger charge is 2.26. The third kappa shape index (κ3) is 4.48. The molecule has 2 heterocycles. The number of likely N-dealkylation sites (tertiary alicyclic amines) is 2. The van der Waals surface area contributed by atoms with Gasteiger partial charge in [0, 0.05) is 19.1 Å². The van der Waals surface area contributed by atoms with Gasteiger partial charge in [0.25, 0.3) is 0 Å². The minimum absolute atomic E-state index is 0.0379. The van der Waals surface area contributed by atoms with Crippen molar-refractivity contribution >= 4 is 11.6 Å². The summed E-state index contributed by atoms with van der Waals surface area (Å²) in [4.78, 5) is 17.2. The molecule has 132 valence electrons. The van der Waals surface area contributed by atoms with Crippen molar-refractivity contribution in [2.45, 2.75) is 38.1 Å². The van der Waals surface area contributed by atoms with E-state index < -0.39 is 0 Å². The fraction of sp³-hybridized carbons (Fsp3) is 0.632. The maximum Gasteiger partial charge on any atom is 0.238 e. The van der Waals surface area contributed by atoms with Crippen LogP contribution in [0.25, 0.3) is 0 Å². The molecule has 2 aliphatic heterocycles. The first-order valence-corrected chi connectivity index (χ1v) is 9.15. The number of hydrogen-bond acceptors (Lipinski definition) is 4. The van der Waals surface area contributed by atoms with Crippen molar-refractivity contribution in [3.63, 3.8) is 0 Å². The summed E-state index contributed by atoms with van der Waals surface area (Å²) in [6.45, 7) is 5.02. The van der Waals surface area contributed by atoms with Crippen molar-refractivity contribution < 1.29 is 9.53 Å². The third-order valence-corrected chi connectivity index (χ3v) is 5.21. The summed E-state index contributed by atoms with van der Waals surface area (Å²) in [6.07, 6.45) is 6.45. The summed E-state index contributed by atoms with van der Waals surface area (Å²) in [7, 11) is 1.62.